The van der Waals surface area contributed by atoms with E-state index < -0.39 is 0 Å². The number of rotatable bonds is 3. The number of benzene rings is 7. The molecule has 0 atom stereocenters. The van der Waals surface area contributed by atoms with Crippen LogP contribution in [0.15, 0.2) is 170 Å². The van der Waals surface area contributed by atoms with Gasteiger partial charge in [0.1, 0.15) is 5.82 Å². The van der Waals surface area contributed by atoms with Crippen LogP contribution in [-0.4, -0.2) is 9.55 Å². The van der Waals surface area contributed by atoms with Crippen LogP contribution < -0.4 is 0 Å². The van der Waals surface area contributed by atoms with Crippen LogP contribution in [0.1, 0.15) is 6.92 Å². The number of aromatic nitrogens is 2. The lowest BCUT2D eigenvalue weighted by Crippen LogP contribution is -2.00. The third kappa shape index (κ3) is 4.55. The molecule has 0 N–H and O–H groups in total. The molecule has 2 aromatic heterocycles. The highest BCUT2D eigenvalue weighted by molar-refractivity contribution is 6.27. The summed E-state index contributed by atoms with van der Waals surface area (Å²) in [7, 11) is 0. The minimum atomic E-state index is 0.914. The van der Waals surface area contributed by atoms with Gasteiger partial charge in [-0.15, -0.1) is 6.58 Å². The SMILES string of the molecule is C=CC.c1ccc(-c2cc(-c3ccccc3)nc(-n3c4ccccc4c4c5ccc6c7ccccc7ccc6c5ccc43)c2)cc1. The monoisotopic (exact) mass is 588 g/mol. The van der Waals surface area contributed by atoms with Gasteiger partial charge in [-0.25, -0.2) is 4.98 Å². The molecule has 0 unspecified atom stereocenters. The highest BCUT2D eigenvalue weighted by Gasteiger charge is 2.18. The smallest absolute Gasteiger partial charge is 0.138 e. The first-order valence-electron chi connectivity index (χ1n) is 15.7. The van der Waals surface area contributed by atoms with Crippen LogP contribution in [0.25, 0.3) is 82.3 Å². The molecule has 0 spiro atoms. The Morgan fingerprint density at radius 3 is 1.83 bits per heavy atom. The first kappa shape index (κ1) is 27.6. The molecule has 0 radical (unpaired) electrons. The van der Waals surface area contributed by atoms with E-state index in [4.69, 9.17) is 4.98 Å². The molecule has 2 nitrogen and oxygen atoms in total. The molecule has 0 amide bonds. The van der Waals surface area contributed by atoms with E-state index >= 15 is 0 Å². The van der Waals surface area contributed by atoms with Crippen molar-refractivity contribution < 1.29 is 0 Å². The number of allylic oxidation sites excluding steroid dienone is 1. The van der Waals surface area contributed by atoms with Crippen molar-refractivity contribution in [2.75, 3.05) is 0 Å². The van der Waals surface area contributed by atoms with E-state index in [1.165, 1.54) is 48.7 Å². The number of fused-ring (bicyclic) bond motifs is 9. The zero-order valence-corrected chi connectivity index (χ0v) is 25.7. The van der Waals surface area contributed by atoms with E-state index in [2.05, 4.69) is 169 Å². The molecule has 0 fully saturated rings. The van der Waals surface area contributed by atoms with Crippen molar-refractivity contribution in [2.45, 2.75) is 6.92 Å². The molecule has 0 bridgehead atoms. The van der Waals surface area contributed by atoms with Crippen molar-refractivity contribution in [3.05, 3.63) is 170 Å². The summed E-state index contributed by atoms with van der Waals surface area (Å²) in [6, 6.07) is 56.6. The van der Waals surface area contributed by atoms with Gasteiger partial charge in [-0.3, -0.25) is 4.57 Å². The summed E-state index contributed by atoms with van der Waals surface area (Å²) in [5, 5.41) is 10.2. The van der Waals surface area contributed by atoms with Crippen LogP contribution in [0.5, 0.6) is 0 Å². The Hall–Kier alpha value is -5.99. The van der Waals surface area contributed by atoms with Gasteiger partial charge in [0, 0.05) is 16.3 Å². The van der Waals surface area contributed by atoms with Crippen LogP contribution >= 0.6 is 0 Å². The van der Waals surface area contributed by atoms with Crippen LogP contribution in [0, 0.1) is 0 Å². The van der Waals surface area contributed by atoms with Gasteiger partial charge in [-0.2, -0.15) is 0 Å². The molecule has 0 aliphatic heterocycles. The van der Waals surface area contributed by atoms with Gasteiger partial charge in [0.15, 0.2) is 0 Å². The van der Waals surface area contributed by atoms with Crippen LogP contribution in [-0.2, 0) is 0 Å². The Morgan fingerprint density at radius 1 is 0.478 bits per heavy atom. The lowest BCUT2D eigenvalue weighted by Gasteiger charge is -2.13. The third-order valence-electron chi connectivity index (χ3n) is 8.77. The fourth-order valence-corrected chi connectivity index (χ4v) is 6.80. The van der Waals surface area contributed by atoms with E-state index in [9.17, 15) is 0 Å². The topological polar surface area (TPSA) is 17.8 Å². The second kappa shape index (κ2) is 11.5. The van der Waals surface area contributed by atoms with E-state index in [0.29, 0.717) is 0 Å². The largest absolute Gasteiger partial charge is 0.294 e. The minimum absolute atomic E-state index is 0.914. The molecule has 2 heteroatoms. The standard InChI is InChI=1S/C41H26N2.C3H6/c1-3-11-27(12-4-1)30-25-37(29-14-5-2-6-15-29)42-40(26-30)43-38-18-10-9-17-36(38)41-35-22-21-32-31-16-8-7-13-28(31)19-20-33(32)34(35)23-24-39(41)43;1-3-2/h1-26H;3H,1H2,2H3. The van der Waals surface area contributed by atoms with Gasteiger partial charge in [0.05, 0.1) is 16.7 Å². The summed E-state index contributed by atoms with van der Waals surface area (Å²) in [6.07, 6.45) is 1.75. The number of pyridine rings is 1. The Bertz CT molecular complexity index is 2480. The molecular weight excluding hydrogens is 556 g/mol. The maximum Gasteiger partial charge on any atom is 0.138 e. The van der Waals surface area contributed by atoms with Crippen molar-refractivity contribution in [3.8, 4) is 28.2 Å². The summed E-state index contributed by atoms with van der Waals surface area (Å²) < 4.78 is 2.34. The Labute approximate surface area is 268 Å². The van der Waals surface area contributed by atoms with Crippen LogP contribution in [0.2, 0.25) is 0 Å². The predicted octanol–water partition coefficient (Wildman–Crippen LogP) is 12.2. The Kier molecular flexibility index (Phi) is 6.89. The predicted molar refractivity (Wildman–Crippen MR) is 198 cm³/mol. The molecule has 9 aromatic rings. The van der Waals surface area contributed by atoms with Gasteiger partial charge >= 0.3 is 0 Å². The second-order valence-corrected chi connectivity index (χ2v) is 11.6. The molecule has 0 aliphatic carbocycles. The Balaban J connectivity index is 0.00000100. The van der Waals surface area contributed by atoms with Crippen molar-refractivity contribution in [2.24, 2.45) is 0 Å². The fraction of sp³-hybridized carbons (Fsp3) is 0.0227. The first-order chi connectivity index (χ1) is 22.7. The number of hydrogen-bond donors (Lipinski definition) is 0. The molecule has 9 rings (SSSR count). The van der Waals surface area contributed by atoms with Gasteiger partial charge in [-0.1, -0.05) is 140 Å². The summed E-state index contributed by atoms with van der Waals surface area (Å²) >= 11 is 0. The van der Waals surface area contributed by atoms with Crippen molar-refractivity contribution in [1.82, 2.24) is 9.55 Å². The number of hydrogen-bond acceptors (Lipinski definition) is 1. The Morgan fingerprint density at radius 2 is 1.04 bits per heavy atom. The van der Waals surface area contributed by atoms with Gasteiger partial charge in [0.25, 0.3) is 0 Å². The molecule has 2 heterocycles. The maximum absolute atomic E-state index is 5.30. The molecule has 0 saturated carbocycles. The zero-order valence-electron chi connectivity index (χ0n) is 25.7. The third-order valence-corrected chi connectivity index (χ3v) is 8.77. The quantitative estimate of drug-likeness (QED) is 0.148. The summed E-state index contributed by atoms with van der Waals surface area (Å²) in [5.74, 6) is 0.914. The summed E-state index contributed by atoms with van der Waals surface area (Å²) in [4.78, 5) is 5.30. The molecular formula is C44H32N2. The second-order valence-electron chi connectivity index (χ2n) is 11.6. The summed E-state index contributed by atoms with van der Waals surface area (Å²) in [5.41, 5.74) is 6.70. The van der Waals surface area contributed by atoms with E-state index in [1.54, 1.807) is 6.08 Å². The highest BCUT2D eigenvalue weighted by atomic mass is 15.1. The fourth-order valence-electron chi connectivity index (χ4n) is 6.80. The molecule has 0 aliphatic rings. The van der Waals surface area contributed by atoms with E-state index in [1.807, 2.05) is 6.92 Å². The van der Waals surface area contributed by atoms with E-state index in [0.717, 1.165) is 33.7 Å². The average molecular weight is 589 g/mol. The normalized spacial score (nSPS) is 11.2. The minimum Gasteiger partial charge on any atom is -0.294 e. The summed E-state index contributed by atoms with van der Waals surface area (Å²) in [6.45, 7) is 5.25. The van der Waals surface area contributed by atoms with Crippen molar-refractivity contribution in [1.29, 1.82) is 0 Å². The van der Waals surface area contributed by atoms with Gasteiger partial charge in [0.2, 0.25) is 0 Å². The maximum atomic E-state index is 5.30. The van der Waals surface area contributed by atoms with Gasteiger partial charge < -0.3 is 0 Å². The lowest BCUT2D eigenvalue weighted by atomic mass is 9.95. The van der Waals surface area contributed by atoms with Crippen molar-refractivity contribution >= 4 is 54.1 Å². The van der Waals surface area contributed by atoms with Crippen LogP contribution in [0.4, 0.5) is 0 Å². The molecule has 7 aromatic carbocycles. The number of para-hydroxylation sites is 1. The molecule has 218 valence electrons. The number of nitrogens with zero attached hydrogens (tertiary/aromatic N) is 2. The molecule has 0 saturated heterocycles. The van der Waals surface area contributed by atoms with E-state index in [-0.39, 0.29) is 0 Å². The van der Waals surface area contributed by atoms with Crippen LogP contribution in [0.3, 0.4) is 0 Å². The average Bonchev–Trinajstić information content (AvgIpc) is 3.47. The first-order valence-corrected chi connectivity index (χ1v) is 15.7. The van der Waals surface area contributed by atoms with Crippen molar-refractivity contribution in [3.63, 3.8) is 0 Å². The highest BCUT2D eigenvalue weighted by Crippen LogP contribution is 2.40. The molecule has 46 heavy (non-hydrogen) atoms. The zero-order chi connectivity index (χ0) is 31.0. The lowest BCUT2D eigenvalue weighted by molar-refractivity contribution is 1.08. The van der Waals surface area contributed by atoms with Gasteiger partial charge in [-0.05, 0) is 74.6 Å².